The standard InChI is InChI=1S/C17H13N5O2.C6H11NO3S/c1-11-5-6-12(16-19-10-24-21-16)8-13(11)20-17(23)14-9-18-15-4-2-3-7-22(14)15;1-10-6(8)5-11(9)7-3-2-4-7/h2-10H,1H3,(H,20,23);2-5H2,1H3. The molecule has 0 bridgehead atoms. The molecule has 0 aliphatic carbocycles. The number of benzene rings is 1. The Hall–Kier alpha value is -3.90. The number of amides is 1. The van der Waals surface area contributed by atoms with Gasteiger partial charge in [0.1, 0.15) is 28.1 Å². The molecule has 35 heavy (non-hydrogen) atoms. The zero-order valence-electron chi connectivity index (χ0n) is 19.2. The Morgan fingerprint density at radius 3 is 2.71 bits per heavy atom. The number of anilines is 1. The van der Waals surface area contributed by atoms with E-state index < -0.39 is 17.0 Å². The second-order valence-electron chi connectivity index (χ2n) is 7.64. The van der Waals surface area contributed by atoms with Crippen LogP contribution in [0.2, 0.25) is 0 Å². The molecule has 1 aromatic carbocycles. The van der Waals surface area contributed by atoms with Gasteiger partial charge in [-0.25, -0.2) is 13.5 Å². The van der Waals surface area contributed by atoms with E-state index in [1.807, 2.05) is 43.3 Å². The maximum atomic E-state index is 12.6. The van der Waals surface area contributed by atoms with Gasteiger partial charge in [0.05, 0.1) is 13.3 Å². The molecule has 5 rings (SSSR count). The van der Waals surface area contributed by atoms with Crippen LogP contribution in [0.25, 0.3) is 17.0 Å². The minimum atomic E-state index is -1.15. The Kier molecular flexibility index (Phi) is 7.63. The van der Waals surface area contributed by atoms with E-state index in [9.17, 15) is 13.8 Å². The van der Waals surface area contributed by atoms with Gasteiger partial charge >= 0.3 is 5.97 Å². The van der Waals surface area contributed by atoms with Gasteiger partial charge in [0, 0.05) is 30.5 Å². The number of nitrogens with one attached hydrogen (secondary N) is 1. The molecule has 12 heteroatoms. The fourth-order valence-corrected chi connectivity index (χ4v) is 4.39. The van der Waals surface area contributed by atoms with Gasteiger partial charge in [0.25, 0.3) is 5.91 Å². The zero-order chi connectivity index (χ0) is 24.8. The van der Waals surface area contributed by atoms with Crippen molar-refractivity contribution in [1.82, 2.24) is 23.8 Å². The number of rotatable bonds is 6. The first-order valence-electron chi connectivity index (χ1n) is 10.8. The average Bonchev–Trinajstić information content (AvgIpc) is 3.50. The van der Waals surface area contributed by atoms with Crippen LogP contribution in [0.4, 0.5) is 5.69 Å². The topological polar surface area (TPSA) is 132 Å². The van der Waals surface area contributed by atoms with Gasteiger partial charge in [-0.2, -0.15) is 4.98 Å². The lowest BCUT2D eigenvalue weighted by Crippen LogP contribution is -2.40. The first kappa shape index (κ1) is 24.2. The third-order valence-electron chi connectivity index (χ3n) is 5.33. The highest BCUT2D eigenvalue weighted by Gasteiger charge is 2.22. The number of ether oxygens (including phenoxy) is 1. The molecule has 1 aliphatic rings. The number of pyridine rings is 1. The van der Waals surface area contributed by atoms with Crippen LogP contribution in [0.15, 0.2) is 59.7 Å². The van der Waals surface area contributed by atoms with Crippen molar-refractivity contribution in [2.75, 3.05) is 31.3 Å². The normalized spacial score (nSPS) is 13.9. The summed E-state index contributed by atoms with van der Waals surface area (Å²) in [4.78, 5) is 31.5. The molecular weight excluding hydrogens is 472 g/mol. The third kappa shape index (κ3) is 5.78. The molecule has 0 saturated carbocycles. The summed E-state index contributed by atoms with van der Waals surface area (Å²) in [7, 11) is 0.152. The number of aryl methyl sites for hydroxylation is 1. The summed E-state index contributed by atoms with van der Waals surface area (Å²) < 4.78 is 23.8. The Morgan fingerprint density at radius 2 is 2.03 bits per heavy atom. The average molecular weight is 497 g/mol. The number of nitrogens with zero attached hydrogens (tertiary/aromatic N) is 5. The summed E-state index contributed by atoms with van der Waals surface area (Å²) in [5.41, 5.74) is 3.58. The van der Waals surface area contributed by atoms with Crippen LogP contribution in [0, 0.1) is 6.92 Å². The Labute approximate surface area is 203 Å². The summed E-state index contributed by atoms with van der Waals surface area (Å²) in [5.74, 6) is -0.172. The molecule has 4 aromatic rings. The predicted octanol–water partition coefficient (Wildman–Crippen LogP) is 2.47. The van der Waals surface area contributed by atoms with Crippen molar-refractivity contribution in [3.63, 3.8) is 0 Å². The minimum Gasteiger partial charge on any atom is -0.468 e. The van der Waals surface area contributed by atoms with Crippen LogP contribution in [0.5, 0.6) is 0 Å². The van der Waals surface area contributed by atoms with Crippen LogP contribution in [-0.2, 0) is 20.5 Å². The van der Waals surface area contributed by atoms with Crippen LogP contribution >= 0.6 is 0 Å². The van der Waals surface area contributed by atoms with Gasteiger partial charge in [0.15, 0.2) is 0 Å². The predicted molar refractivity (Wildman–Crippen MR) is 129 cm³/mol. The highest BCUT2D eigenvalue weighted by molar-refractivity contribution is 7.83. The monoisotopic (exact) mass is 496 g/mol. The molecule has 182 valence electrons. The maximum absolute atomic E-state index is 12.6. The molecule has 1 N–H and O–H groups in total. The number of carbonyl (C=O) groups excluding carboxylic acids is 2. The van der Waals surface area contributed by atoms with Crippen LogP contribution < -0.4 is 5.32 Å². The number of hydrogen-bond acceptors (Lipinski definition) is 8. The van der Waals surface area contributed by atoms with E-state index in [0.717, 1.165) is 36.3 Å². The molecule has 1 atom stereocenters. The molecule has 3 aromatic heterocycles. The van der Waals surface area contributed by atoms with Gasteiger partial charge in [0.2, 0.25) is 12.2 Å². The lowest BCUT2D eigenvalue weighted by atomic mass is 10.1. The zero-order valence-corrected chi connectivity index (χ0v) is 20.0. The van der Waals surface area contributed by atoms with E-state index in [1.54, 1.807) is 21.1 Å². The molecule has 1 fully saturated rings. The molecular formula is C23H24N6O5S. The molecule has 0 spiro atoms. The highest BCUT2D eigenvalue weighted by Crippen LogP contribution is 2.23. The summed E-state index contributed by atoms with van der Waals surface area (Å²) in [6.45, 7) is 3.59. The molecule has 0 radical (unpaired) electrons. The Bertz CT molecular complexity index is 1350. The van der Waals surface area contributed by atoms with E-state index in [2.05, 4.69) is 25.2 Å². The fourth-order valence-electron chi connectivity index (χ4n) is 3.22. The molecule has 1 amide bonds. The molecule has 1 unspecified atom stereocenters. The van der Waals surface area contributed by atoms with E-state index in [-0.39, 0.29) is 11.7 Å². The second-order valence-corrected chi connectivity index (χ2v) is 9.08. The van der Waals surface area contributed by atoms with Gasteiger partial charge in [-0.1, -0.05) is 23.4 Å². The highest BCUT2D eigenvalue weighted by atomic mass is 32.2. The first-order chi connectivity index (χ1) is 17.0. The Balaban J connectivity index is 0.000000221. The summed E-state index contributed by atoms with van der Waals surface area (Å²) in [6, 6.07) is 11.2. The van der Waals surface area contributed by atoms with Crippen molar-refractivity contribution in [3.8, 4) is 11.4 Å². The third-order valence-corrected chi connectivity index (χ3v) is 6.75. The van der Waals surface area contributed by atoms with Crippen LogP contribution in [-0.4, -0.2) is 65.9 Å². The van der Waals surface area contributed by atoms with Crippen molar-refractivity contribution in [2.45, 2.75) is 13.3 Å². The van der Waals surface area contributed by atoms with E-state index >= 15 is 0 Å². The molecule has 1 saturated heterocycles. The second kappa shape index (κ2) is 11.0. The number of fused-ring (bicyclic) bond motifs is 1. The van der Waals surface area contributed by atoms with Crippen molar-refractivity contribution in [3.05, 3.63) is 66.4 Å². The molecule has 4 heterocycles. The minimum absolute atomic E-state index is 0.00347. The van der Waals surface area contributed by atoms with Gasteiger partial charge in [-0.3, -0.25) is 14.0 Å². The van der Waals surface area contributed by atoms with E-state index in [0.29, 0.717) is 17.2 Å². The maximum Gasteiger partial charge on any atom is 0.319 e. The largest absolute Gasteiger partial charge is 0.468 e. The van der Waals surface area contributed by atoms with Crippen LogP contribution in [0.1, 0.15) is 22.5 Å². The number of carbonyl (C=O) groups is 2. The summed E-state index contributed by atoms with van der Waals surface area (Å²) in [5, 5.41) is 6.74. The van der Waals surface area contributed by atoms with Crippen molar-refractivity contribution in [2.24, 2.45) is 0 Å². The van der Waals surface area contributed by atoms with E-state index in [1.165, 1.54) is 13.5 Å². The summed E-state index contributed by atoms with van der Waals surface area (Å²) >= 11 is 0. The van der Waals surface area contributed by atoms with E-state index in [4.69, 9.17) is 4.52 Å². The molecule has 11 nitrogen and oxygen atoms in total. The van der Waals surface area contributed by atoms with Crippen molar-refractivity contribution < 1.29 is 23.1 Å². The first-order valence-corrected chi connectivity index (χ1v) is 12.0. The van der Waals surface area contributed by atoms with Crippen molar-refractivity contribution in [1.29, 1.82) is 0 Å². The lowest BCUT2D eigenvalue weighted by molar-refractivity contribution is -0.137. The fraction of sp³-hybridized carbons (Fsp3) is 0.261. The van der Waals surface area contributed by atoms with Crippen molar-refractivity contribution >= 4 is 34.2 Å². The number of esters is 1. The van der Waals surface area contributed by atoms with Gasteiger partial charge in [-0.05, 0) is 37.1 Å². The smallest absolute Gasteiger partial charge is 0.319 e. The molecule has 1 aliphatic heterocycles. The summed E-state index contributed by atoms with van der Waals surface area (Å²) in [6.07, 6.45) is 5.71. The SMILES string of the molecule is COC(=O)CS(=O)N1CCC1.Cc1ccc(-c2ncon2)cc1NC(=O)c1cnc2ccccn12. The number of aromatic nitrogens is 4. The van der Waals surface area contributed by atoms with Gasteiger partial charge < -0.3 is 14.6 Å². The van der Waals surface area contributed by atoms with Gasteiger partial charge in [-0.15, -0.1) is 0 Å². The van der Waals surface area contributed by atoms with Crippen LogP contribution in [0.3, 0.4) is 0 Å². The number of methoxy groups -OCH3 is 1. The number of hydrogen-bond donors (Lipinski definition) is 1. The Morgan fingerprint density at radius 1 is 1.20 bits per heavy atom. The number of imidazole rings is 1. The quantitative estimate of drug-likeness (QED) is 0.403. The lowest BCUT2D eigenvalue weighted by Gasteiger charge is -2.28.